The van der Waals surface area contributed by atoms with Crippen LogP contribution in [-0.4, -0.2) is 9.97 Å². The monoisotopic (exact) mass is 250 g/mol. The third kappa shape index (κ3) is 1.29. The molecule has 96 valence electrons. The van der Waals surface area contributed by atoms with E-state index in [1.165, 1.54) is 6.07 Å². The number of hydrogen-bond acceptors (Lipinski definition) is 1. The van der Waals surface area contributed by atoms with Gasteiger partial charge in [0.25, 0.3) is 0 Å². The van der Waals surface area contributed by atoms with Crippen molar-refractivity contribution >= 4 is 11.0 Å². The molecule has 4 heteroatoms. The van der Waals surface area contributed by atoms with E-state index in [0.29, 0.717) is 5.52 Å². The first kappa shape index (κ1) is 11.6. The molecule has 2 aromatic rings. The Hall–Kier alpha value is -1.45. The number of H-pyrrole nitrogens is 1. The fourth-order valence-corrected chi connectivity index (χ4v) is 3.08. The summed E-state index contributed by atoms with van der Waals surface area (Å²) in [6, 6.07) is 2.16. The number of nitrogens with zero attached hydrogens (tertiary/aromatic N) is 1. The minimum absolute atomic E-state index is 0.121. The van der Waals surface area contributed by atoms with Crippen LogP contribution in [0.3, 0.4) is 0 Å². The van der Waals surface area contributed by atoms with Crippen LogP contribution in [0, 0.1) is 22.5 Å². The van der Waals surface area contributed by atoms with Crippen molar-refractivity contribution in [1.82, 2.24) is 9.97 Å². The van der Waals surface area contributed by atoms with Crippen molar-refractivity contribution in [2.45, 2.75) is 33.6 Å². The first-order valence-electron chi connectivity index (χ1n) is 6.10. The van der Waals surface area contributed by atoms with Gasteiger partial charge in [-0.2, -0.15) is 0 Å². The van der Waals surface area contributed by atoms with Crippen LogP contribution < -0.4 is 0 Å². The first-order valence-corrected chi connectivity index (χ1v) is 6.10. The highest BCUT2D eigenvalue weighted by Gasteiger charge is 2.66. The summed E-state index contributed by atoms with van der Waals surface area (Å²) in [6.07, 6.45) is 0. The Morgan fingerprint density at radius 1 is 1.11 bits per heavy atom. The predicted molar refractivity (Wildman–Crippen MR) is 66.3 cm³/mol. The highest BCUT2D eigenvalue weighted by molar-refractivity contribution is 5.76. The first-order chi connectivity index (χ1) is 8.25. The van der Waals surface area contributed by atoms with E-state index < -0.39 is 11.6 Å². The van der Waals surface area contributed by atoms with Crippen LogP contribution in [0.25, 0.3) is 11.0 Å². The van der Waals surface area contributed by atoms with E-state index in [0.717, 1.165) is 11.9 Å². The van der Waals surface area contributed by atoms with Crippen molar-refractivity contribution in [3.63, 3.8) is 0 Å². The highest BCUT2D eigenvalue weighted by atomic mass is 19.1. The molecule has 1 aromatic carbocycles. The lowest BCUT2D eigenvalue weighted by atomic mass is 10.0. The Labute approximate surface area is 104 Å². The van der Waals surface area contributed by atoms with Crippen LogP contribution in [0.2, 0.25) is 0 Å². The standard InChI is InChI=1S/C14H16F2N2/c1-13(2)11(14(13,3)4)12-17-9-6-7(15)5-8(16)10(9)18-12/h5-6,11H,1-4H3,(H,17,18). The molecule has 0 amide bonds. The molecular formula is C14H16F2N2. The quantitative estimate of drug-likeness (QED) is 0.814. The third-order valence-corrected chi connectivity index (χ3v) is 4.82. The van der Waals surface area contributed by atoms with Gasteiger partial charge in [0.15, 0.2) is 5.82 Å². The molecule has 0 radical (unpaired) electrons. The average molecular weight is 250 g/mol. The predicted octanol–water partition coefficient (Wildman–Crippen LogP) is 3.99. The lowest BCUT2D eigenvalue weighted by molar-refractivity contribution is 0.457. The zero-order valence-corrected chi connectivity index (χ0v) is 10.9. The summed E-state index contributed by atoms with van der Waals surface area (Å²) < 4.78 is 26.7. The van der Waals surface area contributed by atoms with Crippen LogP contribution >= 0.6 is 0 Å². The van der Waals surface area contributed by atoms with Gasteiger partial charge in [-0.15, -0.1) is 0 Å². The second-order valence-corrected chi connectivity index (χ2v) is 6.28. The van der Waals surface area contributed by atoms with Gasteiger partial charge in [0.1, 0.15) is 17.2 Å². The summed E-state index contributed by atoms with van der Waals surface area (Å²) >= 11 is 0. The lowest BCUT2D eigenvalue weighted by Crippen LogP contribution is -1.95. The molecule has 1 fully saturated rings. The van der Waals surface area contributed by atoms with Gasteiger partial charge in [-0.25, -0.2) is 13.8 Å². The Morgan fingerprint density at radius 3 is 2.28 bits per heavy atom. The average Bonchev–Trinajstić information content (AvgIpc) is 2.57. The largest absolute Gasteiger partial charge is 0.342 e. The Bertz CT molecular complexity index is 627. The molecule has 3 rings (SSSR count). The number of aromatic nitrogens is 2. The minimum Gasteiger partial charge on any atom is -0.342 e. The molecule has 18 heavy (non-hydrogen) atoms. The topological polar surface area (TPSA) is 28.7 Å². The number of hydrogen-bond donors (Lipinski definition) is 1. The number of rotatable bonds is 1. The molecule has 1 aliphatic rings. The summed E-state index contributed by atoms with van der Waals surface area (Å²) in [5.74, 6) is -0.183. The van der Waals surface area contributed by atoms with Gasteiger partial charge < -0.3 is 4.98 Å². The van der Waals surface area contributed by atoms with Crippen LogP contribution in [0.5, 0.6) is 0 Å². The van der Waals surface area contributed by atoms with Gasteiger partial charge in [-0.1, -0.05) is 27.7 Å². The number of aromatic amines is 1. The van der Waals surface area contributed by atoms with E-state index in [4.69, 9.17) is 0 Å². The third-order valence-electron chi connectivity index (χ3n) is 4.82. The van der Waals surface area contributed by atoms with Gasteiger partial charge in [-0.05, 0) is 16.9 Å². The fraction of sp³-hybridized carbons (Fsp3) is 0.500. The molecule has 0 saturated heterocycles. The van der Waals surface area contributed by atoms with E-state index in [2.05, 4.69) is 37.7 Å². The molecular weight excluding hydrogens is 234 g/mol. The van der Waals surface area contributed by atoms with Crippen LogP contribution in [0.4, 0.5) is 8.78 Å². The molecule has 1 N–H and O–H groups in total. The van der Waals surface area contributed by atoms with Gasteiger partial charge >= 0.3 is 0 Å². The fourth-order valence-electron chi connectivity index (χ4n) is 3.08. The normalized spacial score (nSPS) is 21.4. The molecule has 0 aliphatic heterocycles. The second-order valence-electron chi connectivity index (χ2n) is 6.28. The van der Waals surface area contributed by atoms with E-state index in [-0.39, 0.29) is 22.3 Å². The molecule has 0 spiro atoms. The van der Waals surface area contributed by atoms with Crippen molar-refractivity contribution in [1.29, 1.82) is 0 Å². The summed E-state index contributed by atoms with van der Waals surface area (Å²) in [7, 11) is 0. The minimum atomic E-state index is -0.608. The van der Waals surface area contributed by atoms with Crippen molar-refractivity contribution in [3.8, 4) is 0 Å². The Morgan fingerprint density at radius 2 is 1.72 bits per heavy atom. The summed E-state index contributed by atoms with van der Waals surface area (Å²) in [5.41, 5.74) is 0.900. The summed E-state index contributed by atoms with van der Waals surface area (Å²) in [6.45, 7) is 8.67. The number of imidazole rings is 1. The maximum atomic E-state index is 13.6. The maximum absolute atomic E-state index is 13.6. The van der Waals surface area contributed by atoms with Crippen LogP contribution in [0.15, 0.2) is 12.1 Å². The molecule has 0 bridgehead atoms. The molecule has 1 aliphatic carbocycles. The van der Waals surface area contributed by atoms with E-state index in [1.807, 2.05) is 0 Å². The van der Waals surface area contributed by atoms with E-state index in [1.54, 1.807) is 0 Å². The van der Waals surface area contributed by atoms with Gasteiger partial charge in [-0.3, -0.25) is 0 Å². The Kier molecular flexibility index (Phi) is 2.01. The van der Waals surface area contributed by atoms with Crippen molar-refractivity contribution in [2.75, 3.05) is 0 Å². The highest BCUT2D eigenvalue weighted by Crippen LogP contribution is 2.73. The number of fused-ring (bicyclic) bond motifs is 1. The summed E-state index contributed by atoms with van der Waals surface area (Å²) in [4.78, 5) is 7.37. The van der Waals surface area contributed by atoms with Crippen LogP contribution in [0.1, 0.15) is 39.4 Å². The van der Waals surface area contributed by atoms with Crippen molar-refractivity contribution in [3.05, 3.63) is 29.6 Å². The van der Waals surface area contributed by atoms with Gasteiger partial charge in [0.2, 0.25) is 0 Å². The number of halogens is 2. The zero-order chi connectivity index (χ0) is 13.3. The molecule has 0 unspecified atom stereocenters. The van der Waals surface area contributed by atoms with E-state index in [9.17, 15) is 8.78 Å². The zero-order valence-electron chi connectivity index (χ0n) is 10.9. The molecule has 1 saturated carbocycles. The van der Waals surface area contributed by atoms with E-state index >= 15 is 0 Å². The molecule has 1 heterocycles. The number of benzene rings is 1. The SMILES string of the molecule is CC1(C)C(c2nc3c(F)cc(F)cc3[nH]2)C1(C)C. The maximum Gasteiger partial charge on any atom is 0.153 e. The molecule has 2 nitrogen and oxygen atoms in total. The lowest BCUT2D eigenvalue weighted by Gasteiger charge is -2.03. The molecule has 0 atom stereocenters. The second kappa shape index (κ2) is 3.11. The summed E-state index contributed by atoms with van der Waals surface area (Å²) in [5, 5.41) is 0. The smallest absolute Gasteiger partial charge is 0.153 e. The Balaban J connectivity index is 2.14. The van der Waals surface area contributed by atoms with Crippen LogP contribution in [-0.2, 0) is 0 Å². The van der Waals surface area contributed by atoms with Crippen molar-refractivity contribution < 1.29 is 8.78 Å². The molecule has 1 aromatic heterocycles. The van der Waals surface area contributed by atoms with Gasteiger partial charge in [0.05, 0.1) is 5.52 Å². The van der Waals surface area contributed by atoms with Crippen molar-refractivity contribution in [2.24, 2.45) is 10.8 Å². The number of nitrogens with one attached hydrogen (secondary N) is 1. The van der Waals surface area contributed by atoms with Gasteiger partial charge in [0, 0.05) is 12.0 Å².